The van der Waals surface area contributed by atoms with E-state index < -0.39 is 42.3 Å². The topological polar surface area (TPSA) is 131 Å². The van der Waals surface area contributed by atoms with Crippen molar-refractivity contribution in [3.05, 3.63) is 30.0 Å². The van der Waals surface area contributed by atoms with Crippen LogP contribution in [0.5, 0.6) is 11.5 Å². The van der Waals surface area contributed by atoms with E-state index in [9.17, 15) is 29.1 Å². The second-order valence-corrected chi connectivity index (χ2v) is 7.30. The lowest BCUT2D eigenvalue weighted by molar-refractivity contribution is -0.148. The first-order valence-electron chi connectivity index (χ1n) is 9.47. The van der Waals surface area contributed by atoms with Gasteiger partial charge in [0.05, 0.1) is 5.70 Å². The van der Waals surface area contributed by atoms with Crippen LogP contribution in [0.25, 0.3) is 5.70 Å². The highest BCUT2D eigenvalue weighted by molar-refractivity contribution is 5.99. The molecule has 10 nitrogen and oxygen atoms in total. The van der Waals surface area contributed by atoms with Crippen molar-refractivity contribution in [3.63, 3.8) is 0 Å². The molecule has 1 aliphatic rings. The second-order valence-electron chi connectivity index (χ2n) is 7.30. The number of nitrogens with zero attached hydrogens (tertiary/aromatic N) is 2. The van der Waals surface area contributed by atoms with Crippen molar-refractivity contribution in [2.24, 2.45) is 5.92 Å². The zero-order valence-corrected chi connectivity index (χ0v) is 17.9. The molecule has 2 rings (SSSR count). The smallest absolute Gasteiger partial charge is 0.323 e. The minimum absolute atomic E-state index is 0.0255. The van der Waals surface area contributed by atoms with Crippen LogP contribution in [-0.4, -0.2) is 57.2 Å². The molecule has 0 spiro atoms. The molecule has 1 N–H and O–H groups in total. The Morgan fingerprint density at radius 2 is 1.61 bits per heavy atom. The maximum Gasteiger partial charge on any atom is 0.323 e. The Morgan fingerprint density at radius 3 is 2.10 bits per heavy atom. The lowest BCUT2D eigenvalue weighted by Crippen LogP contribution is -2.55. The van der Waals surface area contributed by atoms with Crippen LogP contribution in [0.2, 0.25) is 0 Å². The normalized spacial score (nSPS) is 16.1. The molecule has 0 saturated carbocycles. The largest absolute Gasteiger partial charge is 0.480 e. The molecule has 0 saturated heterocycles. The zero-order valence-electron chi connectivity index (χ0n) is 17.9. The SMILES string of the molecule is CC(=O)Oc1ccc(C2=CN(C(C)=O)C(C(C)C)C(=O)N2CC(=O)O)cc1OC(C)=O. The van der Waals surface area contributed by atoms with Crippen LogP contribution < -0.4 is 9.47 Å². The van der Waals surface area contributed by atoms with E-state index in [4.69, 9.17) is 9.47 Å². The third kappa shape index (κ3) is 5.47. The Kier molecular flexibility index (Phi) is 7.16. The first-order chi connectivity index (χ1) is 14.4. The highest BCUT2D eigenvalue weighted by Crippen LogP contribution is 2.35. The molecule has 1 aromatic carbocycles. The summed E-state index contributed by atoms with van der Waals surface area (Å²) in [4.78, 5) is 62.0. The summed E-state index contributed by atoms with van der Waals surface area (Å²) in [5, 5.41) is 9.34. The minimum Gasteiger partial charge on any atom is -0.480 e. The summed E-state index contributed by atoms with van der Waals surface area (Å²) in [7, 11) is 0. The number of hydrogen-bond donors (Lipinski definition) is 1. The number of carbonyl (C=O) groups excluding carboxylic acids is 4. The molecule has 166 valence electrons. The summed E-state index contributed by atoms with van der Waals surface area (Å²) >= 11 is 0. The fourth-order valence-electron chi connectivity index (χ4n) is 3.24. The molecule has 2 amide bonds. The Morgan fingerprint density at radius 1 is 1.03 bits per heavy atom. The van der Waals surface area contributed by atoms with E-state index >= 15 is 0 Å². The number of carboxylic acids is 1. The molecule has 1 aliphatic heterocycles. The number of benzene rings is 1. The van der Waals surface area contributed by atoms with E-state index in [0.717, 1.165) is 11.8 Å². The number of carboxylic acid groups (broad SMARTS) is 1. The van der Waals surface area contributed by atoms with Gasteiger partial charge in [-0.05, 0) is 24.1 Å². The highest BCUT2D eigenvalue weighted by Gasteiger charge is 2.40. The van der Waals surface area contributed by atoms with E-state index in [1.165, 1.54) is 43.1 Å². The molecule has 1 heterocycles. The lowest BCUT2D eigenvalue weighted by Gasteiger charge is -2.40. The molecule has 0 radical (unpaired) electrons. The van der Waals surface area contributed by atoms with Crippen molar-refractivity contribution in [2.45, 2.75) is 40.7 Å². The van der Waals surface area contributed by atoms with E-state index in [0.29, 0.717) is 0 Å². The van der Waals surface area contributed by atoms with Crippen molar-refractivity contribution in [2.75, 3.05) is 6.54 Å². The summed E-state index contributed by atoms with van der Waals surface area (Å²) in [6.07, 6.45) is 1.40. The van der Waals surface area contributed by atoms with Gasteiger partial charge in [0.2, 0.25) is 5.91 Å². The van der Waals surface area contributed by atoms with E-state index in [1.54, 1.807) is 13.8 Å². The van der Waals surface area contributed by atoms with Crippen LogP contribution in [0.15, 0.2) is 24.4 Å². The van der Waals surface area contributed by atoms with Gasteiger partial charge in [0, 0.05) is 32.5 Å². The number of amides is 2. The first kappa shape index (κ1) is 23.6. The number of ether oxygens (including phenoxy) is 2. The fraction of sp³-hybridized carbons (Fsp3) is 0.381. The van der Waals surface area contributed by atoms with Crippen molar-refractivity contribution in [3.8, 4) is 11.5 Å². The van der Waals surface area contributed by atoms with Gasteiger partial charge in [-0.25, -0.2) is 0 Å². The van der Waals surface area contributed by atoms with E-state index in [2.05, 4.69) is 0 Å². The maximum absolute atomic E-state index is 13.1. The molecule has 1 unspecified atom stereocenters. The molecule has 10 heteroatoms. The Hall–Kier alpha value is -3.69. The van der Waals surface area contributed by atoms with Gasteiger partial charge in [-0.2, -0.15) is 0 Å². The summed E-state index contributed by atoms with van der Waals surface area (Å²) in [6.45, 7) is 6.52. The van der Waals surface area contributed by atoms with Crippen LogP contribution in [-0.2, 0) is 24.0 Å². The standard InChI is InChI=1S/C21H24N2O8/c1-11(2)20-21(29)23(10-19(27)28)16(9-22(20)12(3)24)15-6-7-17(30-13(4)25)18(8-15)31-14(5)26/h6-9,11,20H,10H2,1-5H3,(H,27,28). The lowest BCUT2D eigenvalue weighted by atomic mass is 9.97. The second kappa shape index (κ2) is 9.41. The van der Waals surface area contributed by atoms with Crippen LogP contribution in [0.4, 0.5) is 0 Å². The van der Waals surface area contributed by atoms with E-state index in [1.807, 2.05) is 0 Å². The van der Waals surface area contributed by atoms with Gasteiger partial charge < -0.3 is 19.5 Å². The third-order valence-electron chi connectivity index (χ3n) is 4.41. The average molecular weight is 432 g/mol. The van der Waals surface area contributed by atoms with Crippen LogP contribution in [0.1, 0.15) is 40.2 Å². The Balaban J connectivity index is 2.67. The zero-order chi connectivity index (χ0) is 23.5. The number of esters is 2. The number of aliphatic carboxylic acids is 1. The van der Waals surface area contributed by atoms with Crippen LogP contribution in [0.3, 0.4) is 0 Å². The minimum atomic E-state index is -1.24. The first-order valence-corrected chi connectivity index (χ1v) is 9.47. The van der Waals surface area contributed by atoms with Gasteiger partial charge in [0.15, 0.2) is 11.5 Å². The highest BCUT2D eigenvalue weighted by atomic mass is 16.6. The Bertz CT molecular complexity index is 966. The van der Waals surface area contributed by atoms with Crippen molar-refractivity contribution >= 4 is 35.4 Å². The third-order valence-corrected chi connectivity index (χ3v) is 4.41. The van der Waals surface area contributed by atoms with Crippen molar-refractivity contribution in [1.29, 1.82) is 0 Å². The number of carbonyl (C=O) groups is 5. The maximum atomic E-state index is 13.1. The van der Waals surface area contributed by atoms with Crippen molar-refractivity contribution < 1.29 is 38.6 Å². The van der Waals surface area contributed by atoms with Crippen LogP contribution in [0, 0.1) is 5.92 Å². The molecule has 0 aromatic heterocycles. The summed E-state index contributed by atoms with van der Waals surface area (Å²) in [6, 6.07) is 3.29. The van der Waals surface area contributed by atoms with Crippen LogP contribution >= 0.6 is 0 Å². The van der Waals surface area contributed by atoms with Gasteiger partial charge in [-0.3, -0.25) is 28.9 Å². The monoisotopic (exact) mass is 432 g/mol. The summed E-state index contributed by atoms with van der Waals surface area (Å²) < 4.78 is 10.1. The number of hydrogen-bond acceptors (Lipinski definition) is 7. The van der Waals surface area contributed by atoms with E-state index in [-0.39, 0.29) is 28.7 Å². The predicted molar refractivity (Wildman–Crippen MR) is 108 cm³/mol. The van der Waals surface area contributed by atoms with Gasteiger partial charge in [0.25, 0.3) is 5.91 Å². The molecule has 1 aromatic rings. The molecule has 0 fully saturated rings. The molecular weight excluding hydrogens is 408 g/mol. The van der Waals surface area contributed by atoms with Gasteiger partial charge >= 0.3 is 17.9 Å². The van der Waals surface area contributed by atoms with Crippen molar-refractivity contribution in [1.82, 2.24) is 9.80 Å². The van der Waals surface area contributed by atoms with Gasteiger partial charge in [-0.15, -0.1) is 0 Å². The Labute approximate surface area is 179 Å². The summed E-state index contributed by atoms with van der Waals surface area (Å²) in [5.41, 5.74) is 0.414. The quantitative estimate of drug-likeness (QED) is 0.530. The fourth-order valence-corrected chi connectivity index (χ4v) is 3.24. The average Bonchev–Trinajstić information content (AvgIpc) is 2.62. The van der Waals surface area contributed by atoms with Gasteiger partial charge in [-0.1, -0.05) is 13.8 Å². The molecule has 0 bridgehead atoms. The molecule has 1 atom stereocenters. The summed E-state index contributed by atoms with van der Waals surface area (Å²) in [5.74, 6) is -3.88. The molecule has 0 aliphatic carbocycles. The van der Waals surface area contributed by atoms with Gasteiger partial charge in [0.1, 0.15) is 12.6 Å². The predicted octanol–water partition coefficient (Wildman–Crippen LogP) is 1.64. The molecule has 31 heavy (non-hydrogen) atoms. The number of rotatable bonds is 6. The molecular formula is C21H24N2O8.